The molecule has 36 heavy (non-hydrogen) atoms. The van der Waals surface area contributed by atoms with Crippen molar-refractivity contribution in [1.82, 2.24) is 0 Å². The lowest BCUT2D eigenvalue weighted by molar-refractivity contribution is -0.123. The molecule has 6 heteroatoms. The minimum absolute atomic E-state index is 0.0117. The molecule has 1 amide bonds. The second-order valence-electron chi connectivity index (χ2n) is 10.2. The van der Waals surface area contributed by atoms with Crippen LogP contribution in [0.15, 0.2) is 77.7 Å². The van der Waals surface area contributed by atoms with Gasteiger partial charge >= 0.3 is 0 Å². The largest absolute Gasteiger partial charge is 0.481 e. The van der Waals surface area contributed by atoms with Gasteiger partial charge in [-0.3, -0.25) is 4.79 Å². The lowest BCUT2D eigenvalue weighted by atomic mass is 9.87. The van der Waals surface area contributed by atoms with Crippen LogP contribution < -0.4 is 9.04 Å². The van der Waals surface area contributed by atoms with E-state index < -0.39 is 22.0 Å². The molecule has 1 unspecified atom stereocenters. The number of sulfonamides is 1. The number of aryl methyl sites for hydroxylation is 2. The molecule has 0 aliphatic carbocycles. The molecule has 5 nitrogen and oxygen atoms in total. The molecule has 0 saturated heterocycles. The molecule has 0 spiro atoms. The highest BCUT2D eigenvalue weighted by Crippen LogP contribution is 2.28. The summed E-state index contributed by atoms with van der Waals surface area (Å²) < 4.78 is 34.2. The molecule has 3 rings (SSSR count). The highest BCUT2D eigenvalue weighted by molar-refractivity contribution is 7.93. The molecule has 0 aliphatic heterocycles. The van der Waals surface area contributed by atoms with Crippen LogP contribution in [0, 0.1) is 6.92 Å². The number of ether oxygens (including phenoxy) is 1. The van der Waals surface area contributed by atoms with Gasteiger partial charge in [-0.05, 0) is 79.6 Å². The van der Waals surface area contributed by atoms with Crippen LogP contribution in [0.2, 0.25) is 0 Å². The fraction of sp³-hybridized carbons (Fsp3) is 0.367. The third-order valence-corrected chi connectivity index (χ3v) is 7.87. The van der Waals surface area contributed by atoms with E-state index in [2.05, 4.69) is 27.7 Å². The Morgan fingerprint density at radius 2 is 1.50 bits per heavy atom. The first-order chi connectivity index (χ1) is 16.9. The molecule has 1 atom stereocenters. The summed E-state index contributed by atoms with van der Waals surface area (Å²) in [5, 5.41) is 0. The van der Waals surface area contributed by atoms with Crippen molar-refractivity contribution in [1.29, 1.82) is 0 Å². The number of unbranched alkanes of at least 4 members (excludes halogenated alkanes) is 1. The summed E-state index contributed by atoms with van der Waals surface area (Å²) in [6, 6.07) is 21.2. The lowest BCUT2D eigenvalue weighted by Gasteiger charge is -2.26. The Bertz CT molecular complexity index is 1260. The van der Waals surface area contributed by atoms with Crippen LogP contribution >= 0.6 is 0 Å². The van der Waals surface area contributed by atoms with Gasteiger partial charge in [-0.2, -0.15) is 4.31 Å². The van der Waals surface area contributed by atoms with E-state index in [1.54, 1.807) is 31.2 Å². The van der Waals surface area contributed by atoms with E-state index in [0.717, 1.165) is 40.3 Å². The third-order valence-electron chi connectivity index (χ3n) is 6.13. The number of hydrogen-bond donors (Lipinski definition) is 0. The minimum atomic E-state index is -4.16. The van der Waals surface area contributed by atoms with Gasteiger partial charge in [-0.15, -0.1) is 0 Å². The SMILES string of the molecule is CCCCc1ccc(N(C(=O)C(C)Oc2ccc(C(C)(C)C)cc2)S(=O)(=O)c2ccc(C)cc2)cc1. The average molecular weight is 508 g/mol. The Morgan fingerprint density at radius 3 is 2.03 bits per heavy atom. The zero-order valence-corrected chi connectivity index (χ0v) is 22.9. The van der Waals surface area contributed by atoms with Crippen molar-refractivity contribution in [3.8, 4) is 5.75 Å². The molecule has 0 bridgehead atoms. The van der Waals surface area contributed by atoms with Gasteiger partial charge in [-0.1, -0.05) is 76.1 Å². The van der Waals surface area contributed by atoms with Gasteiger partial charge in [0.05, 0.1) is 10.6 Å². The van der Waals surface area contributed by atoms with Gasteiger partial charge in [0.1, 0.15) is 5.75 Å². The normalized spacial score (nSPS) is 12.7. The minimum Gasteiger partial charge on any atom is -0.481 e. The van der Waals surface area contributed by atoms with Crippen LogP contribution in [-0.4, -0.2) is 20.4 Å². The van der Waals surface area contributed by atoms with Crippen molar-refractivity contribution in [2.75, 3.05) is 4.31 Å². The maximum atomic E-state index is 13.7. The first kappa shape index (κ1) is 27.5. The van der Waals surface area contributed by atoms with E-state index in [1.807, 2.05) is 43.3 Å². The van der Waals surface area contributed by atoms with E-state index in [0.29, 0.717) is 11.4 Å². The Balaban J connectivity index is 1.94. The molecule has 0 N–H and O–H groups in total. The van der Waals surface area contributed by atoms with Crippen LogP contribution in [0.4, 0.5) is 5.69 Å². The number of rotatable bonds is 9. The molecule has 0 fully saturated rings. The third kappa shape index (κ3) is 6.55. The summed E-state index contributed by atoms with van der Waals surface area (Å²) in [6.45, 7) is 12.0. The number of amides is 1. The molecular weight excluding hydrogens is 470 g/mol. The summed E-state index contributed by atoms with van der Waals surface area (Å²) >= 11 is 0. The molecule has 3 aromatic carbocycles. The molecule has 0 radical (unpaired) electrons. The second-order valence-corrected chi connectivity index (χ2v) is 12.0. The maximum absolute atomic E-state index is 13.7. The van der Waals surface area contributed by atoms with Gasteiger partial charge in [0.25, 0.3) is 15.9 Å². The van der Waals surface area contributed by atoms with Gasteiger partial charge in [-0.25, -0.2) is 8.42 Å². The number of carbonyl (C=O) groups excluding carboxylic acids is 1. The number of benzene rings is 3. The topological polar surface area (TPSA) is 63.7 Å². The smallest absolute Gasteiger partial charge is 0.281 e. The standard InChI is InChI=1S/C30H37NO4S/c1-7-8-9-24-12-16-26(17-13-24)31(36(33,34)28-20-10-22(2)11-21-28)29(32)23(3)35-27-18-14-25(15-19-27)30(4,5)6/h10-21,23H,7-9H2,1-6H3. The van der Waals surface area contributed by atoms with Crippen molar-refractivity contribution in [3.05, 3.63) is 89.5 Å². The summed E-state index contributed by atoms with van der Waals surface area (Å²) in [5.74, 6) is -0.150. The molecule has 0 heterocycles. The highest BCUT2D eigenvalue weighted by Gasteiger charge is 2.35. The first-order valence-corrected chi connectivity index (χ1v) is 13.9. The van der Waals surface area contributed by atoms with Crippen molar-refractivity contribution >= 4 is 21.6 Å². The van der Waals surface area contributed by atoms with Crippen LogP contribution in [0.3, 0.4) is 0 Å². The van der Waals surface area contributed by atoms with Crippen molar-refractivity contribution in [3.63, 3.8) is 0 Å². The van der Waals surface area contributed by atoms with E-state index in [-0.39, 0.29) is 10.3 Å². The van der Waals surface area contributed by atoms with Crippen molar-refractivity contribution in [2.24, 2.45) is 0 Å². The van der Waals surface area contributed by atoms with E-state index >= 15 is 0 Å². The molecular formula is C30H37NO4S. The Labute approximate surface area is 216 Å². The van der Waals surface area contributed by atoms with E-state index in [1.165, 1.54) is 12.1 Å². The monoisotopic (exact) mass is 507 g/mol. The molecule has 0 saturated carbocycles. The molecule has 0 aromatic heterocycles. The summed E-state index contributed by atoms with van der Waals surface area (Å²) in [6.07, 6.45) is 1.99. The lowest BCUT2D eigenvalue weighted by Crippen LogP contribution is -2.44. The second kappa shape index (κ2) is 11.3. The van der Waals surface area contributed by atoms with E-state index in [4.69, 9.17) is 4.74 Å². The summed E-state index contributed by atoms with van der Waals surface area (Å²) in [5.41, 5.74) is 3.45. The molecule has 3 aromatic rings. The molecule has 0 aliphatic rings. The van der Waals surface area contributed by atoms with Crippen molar-refractivity contribution < 1.29 is 17.9 Å². The van der Waals surface area contributed by atoms with E-state index in [9.17, 15) is 13.2 Å². The highest BCUT2D eigenvalue weighted by atomic mass is 32.2. The Hall–Kier alpha value is -3.12. The fourth-order valence-electron chi connectivity index (χ4n) is 3.83. The summed E-state index contributed by atoms with van der Waals surface area (Å²) in [7, 11) is -4.16. The predicted octanol–water partition coefficient (Wildman–Crippen LogP) is 6.82. The Morgan fingerprint density at radius 1 is 0.917 bits per heavy atom. The van der Waals surface area contributed by atoms with Crippen LogP contribution in [-0.2, 0) is 26.7 Å². The molecule has 192 valence electrons. The number of nitrogens with zero attached hydrogens (tertiary/aromatic N) is 1. The van der Waals surface area contributed by atoms with Gasteiger partial charge < -0.3 is 4.74 Å². The summed E-state index contributed by atoms with van der Waals surface area (Å²) in [4.78, 5) is 13.7. The van der Waals surface area contributed by atoms with Gasteiger partial charge in [0.2, 0.25) is 0 Å². The van der Waals surface area contributed by atoms with Crippen LogP contribution in [0.25, 0.3) is 0 Å². The average Bonchev–Trinajstić information content (AvgIpc) is 2.83. The predicted molar refractivity (Wildman–Crippen MR) is 146 cm³/mol. The fourth-order valence-corrected chi connectivity index (χ4v) is 5.31. The number of anilines is 1. The quantitative estimate of drug-likeness (QED) is 0.319. The van der Waals surface area contributed by atoms with Crippen LogP contribution in [0.1, 0.15) is 64.2 Å². The van der Waals surface area contributed by atoms with Crippen LogP contribution in [0.5, 0.6) is 5.75 Å². The number of hydrogen-bond acceptors (Lipinski definition) is 4. The van der Waals surface area contributed by atoms with Gasteiger partial charge in [0.15, 0.2) is 6.10 Å². The Kier molecular flexibility index (Phi) is 8.62. The zero-order valence-electron chi connectivity index (χ0n) is 22.1. The van der Waals surface area contributed by atoms with Gasteiger partial charge in [0, 0.05) is 0 Å². The maximum Gasteiger partial charge on any atom is 0.281 e. The first-order valence-electron chi connectivity index (χ1n) is 12.5. The number of carbonyl (C=O) groups is 1. The zero-order chi connectivity index (χ0) is 26.5. The van der Waals surface area contributed by atoms with Crippen molar-refractivity contribution in [2.45, 2.75) is 77.2 Å².